The number of nitrogens with zero attached hydrogens (tertiary/aromatic N) is 2. The van der Waals surface area contributed by atoms with Gasteiger partial charge in [0.15, 0.2) is 0 Å². The van der Waals surface area contributed by atoms with Crippen molar-refractivity contribution in [3.63, 3.8) is 0 Å². The third-order valence-electron chi connectivity index (χ3n) is 3.21. The summed E-state index contributed by atoms with van der Waals surface area (Å²) in [4.78, 5) is 16.2. The van der Waals surface area contributed by atoms with Crippen LogP contribution in [0.25, 0.3) is 0 Å². The molecule has 0 spiro atoms. The van der Waals surface area contributed by atoms with Crippen LogP contribution in [0.1, 0.15) is 21.5 Å². The van der Waals surface area contributed by atoms with E-state index in [1.54, 1.807) is 11.6 Å². The maximum atomic E-state index is 12.1. The van der Waals surface area contributed by atoms with E-state index in [0.717, 1.165) is 10.6 Å². The number of carbonyl (C=O) groups excluding carboxylic acids is 1. The van der Waals surface area contributed by atoms with Gasteiger partial charge in [-0.1, -0.05) is 30.3 Å². The first kappa shape index (κ1) is 12.0. The van der Waals surface area contributed by atoms with Gasteiger partial charge < -0.3 is 9.67 Å². The summed E-state index contributed by atoms with van der Waals surface area (Å²) in [5.41, 5.74) is 2.44. The van der Waals surface area contributed by atoms with Crippen LogP contribution >= 0.6 is 11.8 Å². The van der Waals surface area contributed by atoms with Crippen molar-refractivity contribution in [2.24, 2.45) is 12.0 Å². The van der Waals surface area contributed by atoms with Gasteiger partial charge in [0.1, 0.15) is 0 Å². The molecule has 3 rings (SSSR count). The third kappa shape index (κ3) is 1.62. The minimum absolute atomic E-state index is 0.0906. The summed E-state index contributed by atoms with van der Waals surface area (Å²) >= 11 is 1.43. The van der Waals surface area contributed by atoms with E-state index in [1.165, 1.54) is 11.8 Å². The van der Waals surface area contributed by atoms with Crippen LogP contribution in [-0.2, 0) is 7.05 Å². The summed E-state index contributed by atoms with van der Waals surface area (Å²) in [6.45, 7) is 0. The molecule has 0 bridgehead atoms. The van der Waals surface area contributed by atoms with Crippen LogP contribution in [0.15, 0.2) is 40.4 Å². The fraction of sp³-hybridized carbons (Fsp3) is 0.143. The number of hydrogen-bond acceptors (Lipinski definition) is 3. The quantitative estimate of drug-likeness (QED) is 0.854. The van der Waals surface area contributed by atoms with Gasteiger partial charge in [0.25, 0.3) is 5.91 Å². The lowest BCUT2D eigenvalue weighted by molar-refractivity contribution is 0.100. The Hall–Kier alpha value is -2.01. The molecule has 1 aromatic heterocycles. The Kier molecular flexibility index (Phi) is 2.71. The van der Waals surface area contributed by atoms with E-state index in [2.05, 4.69) is 4.99 Å². The van der Waals surface area contributed by atoms with Crippen molar-refractivity contribution in [1.82, 2.24) is 4.57 Å². The van der Waals surface area contributed by atoms with E-state index in [1.807, 2.05) is 36.6 Å². The number of hydrogen-bond donors (Lipinski definition) is 1. The molecular weight excluding hydrogens is 260 g/mol. The summed E-state index contributed by atoms with van der Waals surface area (Å²) in [5.74, 6) is -0.193. The van der Waals surface area contributed by atoms with Gasteiger partial charge in [0.05, 0.1) is 21.9 Å². The lowest BCUT2D eigenvalue weighted by Gasteiger charge is -2.03. The topological polar surface area (TPSA) is 54.6 Å². The monoisotopic (exact) mass is 272 g/mol. The Morgan fingerprint density at radius 2 is 1.89 bits per heavy atom. The number of amides is 1. The number of aliphatic imine (C=N–C) groups is 1. The Morgan fingerprint density at radius 1 is 1.21 bits per heavy atom. The fourth-order valence-electron chi connectivity index (χ4n) is 2.33. The molecule has 0 atom stereocenters. The molecule has 96 valence electrons. The Labute approximate surface area is 114 Å². The second-order valence-electron chi connectivity index (χ2n) is 4.27. The minimum atomic E-state index is -0.283. The standard InChI is InChI=1S/C14H12N2O2S/c1-16-13(18)9-10(14(16)19-2)12(17)15-11(9)8-6-4-3-5-7-8/h3-7,18H,1-2H3. The second-order valence-corrected chi connectivity index (χ2v) is 5.07. The summed E-state index contributed by atoms with van der Waals surface area (Å²) in [6, 6.07) is 9.43. The van der Waals surface area contributed by atoms with Gasteiger partial charge in [-0.25, -0.2) is 4.99 Å². The molecule has 19 heavy (non-hydrogen) atoms. The summed E-state index contributed by atoms with van der Waals surface area (Å²) in [7, 11) is 1.75. The molecule has 1 amide bonds. The van der Waals surface area contributed by atoms with E-state index >= 15 is 0 Å². The van der Waals surface area contributed by atoms with Gasteiger partial charge in [0.2, 0.25) is 5.88 Å². The van der Waals surface area contributed by atoms with E-state index in [-0.39, 0.29) is 11.8 Å². The first-order valence-electron chi connectivity index (χ1n) is 5.79. The van der Waals surface area contributed by atoms with Crippen LogP contribution < -0.4 is 0 Å². The van der Waals surface area contributed by atoms with Crippen LogP contribution in [-0.4, -0.2) is 27.5 Å². The SMILES string of the molecule is CSc1c2c(c(O)n1C)C(c1ccccc1)=NC2=O. The van der Waals surface area contributed by atoms with Gasteiger partial charge in [-0.05, 0) is 6.26 Å². The van der Waals surface area contributed by atoms with Gasteiger partial charge in [0, 0.05) is 12.6 Å². The average Bonchev–Trinajstić information content (AvgIpc) is 2.89. The van der Waals surface area contributed by atoms with Gasteiger partial charge >= 0.3 is 0 Å². The van der Waals surface area contributed by atoms with Crippen LogP contribution in [0, 0.1) is 0 Å². The second kappa shape index (κ2) is 4.28. The van der Waals surface area contributed by atoms with E-state index < -0.39 is 0 Å². The zero-order valence-corrected chi connectivity index (χ0v) is 11.4. The first-order valence-corrected chi connectivity index (χ1v) is 7.02. The van der Waals surface area contributed by atoms with Crippen molar-refractivity contribution in [3.05, 3.63) is 47.0 Å². The van der Waals surface area contributed by atoms with Crippen molar-refractivity contribution in [3.8, 4) is 5.88 Å². The normalized spacial score (nSPS) is 13.6. The van der Waals surface area contributed by atoms with E-state index in [9.17, 15) is 9.90 Å². The van der Waals surface area contributed by atoms with E-state index in [4.69, 9.17) is 0 Å². The number of carbonyl (C=O) groups is 1. The molecule has 2 aromatic rings. The molecule has 0 radical (unpaired) electrons. The summed E-state index contributed by atoms with van der Waals surface area (Å²) in [5, 5.41) is 11.0. The molecule has 1 aliphatic heterocycles. The van der Waals surface area contributed by atoms with Crippen molar-refractivity contribution in [1.29, 1.82) is 0 Å². The van der Waals surface area contributed by atoms with Gasteiger partial charge in [-0.3, -0.25) is 4.79 Å². The minimum Gasteiger partial charge on any atom is -0.494 e. The van der Waals surface area contributed by atoms with Crippen molar-refractivity contribution in [2.75, 3.05) is 6.26 Å². The largest absolute Gasteiger partial charge is 0.494 e. The number of aromatic nitrogens is 1. The number of fused-ring (bicyclic) bond motifs is 1. The van der Waals surface area contributed by atoms with Crippen LogP contribution in [0.4, 0.5) is 0 Å². The molecule has 2 heterocycles. The Morgan fingerprint density at radius 3 is 2.53 bits per heavy atom. The molecular formula is C14H12N2O2S. The molecule has 0 unspecified atom stereocenters. The lowest BCUT2D eigenvalue weighted by Crippen LogP contribution is -2.00. The predicted molar refractivity (Wildman–Crippen MR) is 75.3 cm³/mol. The molecule has 5 heteroatoms. The number of benzene rings is 1. The molecule has 0 saturated carbocycles. The van der Waals surface area contributed by atoms with Gasteiger partial charge in [-0.15, -0.1) is 11.8 Å². The van der Waals surface area contributed by atoms with Crippen molar-refractivity contribution in [2.45, 2.75) is 5.03 Å². The average molecular weight is 272 g/mol. The van der Waals surface area contributed by atoms with Crippen LogP contribution in [0.2, 0.25) is 0 Å². The smallest absolute Gasteiger partial charge is 0.281 e. The zero-order chi connectivity index (χ0) is 13.6. The van der Waals surface area contributed by atoms with Crippen molar-refractivity contribution < 1.29 is 9.90 Å². The maximum absolute atomic E-state index is 12.1. The summed E-state index contributed by atoms with van der Waals surface area (Å²) in [6.07, 6.45) is 1.88. The molecule has 0 fully saturated rings. The fourth-order valence-corrected chi connectivity index (χ4v) is 3.08. The first-order chi connectivity index (χ1) is 9.15. The molecule has 1 N–H and O–H groups in total. The molecule has 0 aliphatic carbocycles. The van der Waals surface area contributed by atoms with Crippen LogP contribution in [0.3, 0.4) is 0 Å². The van der Waals surface area contributed by atoms with Crippen LogP contribution in [0.5, 0.6) is 5.88 Å². The molecule has 0 saturated heterocycles. The number of rotatable bonds is 2. The zero-order valence-electron chi connectivity index (χ0n) is 10.5. The van der Waals surface area contributed by atoms with Gasteiger partial charge in [-0.2, -0.15) is 0 Å². The highest BCUT2D eigenvalue weighted by Crippen LogP contribution is 2.38. The molecule has 1 aliphatic rings. The lowest BCUT2D eigenvalue weighted by atomic mass is 10.0. The highest BCUT2D eigenvalue weighted by atomic mass is 32.2. The Bertz CT molecular complexity index is 702. The summed E-state index contributed by atoms with van der Waals surface area (Å²) < 4.78 is 1.63. The highest BCUT2D eigenvalue weighted by molar-refractivity contribution is 7.98. The third-order valence-corrected chi connectivity index (χ3v) is 4.08. The Balaban J connectivity index is 2.26. The molecule has 4 nitrogen and oxygen atoms in total. The van der Waals surface area contributed by atoms with Crippen molar-refractivity contribution >= 4 is 23.4 Å². The maximum Gasteiger partial charge on any atom is 0.281 e. The molecule has 1 aromatic carbocycles. The van der Waals surface area contributed by atoms with E-state index in [0.29, 0.717) is 16.8 Å². The number of thioether (sulfide) groups is 1. The highest BCUT2D eigenvalue weighted by Gasteiger charge is 2.34. The number of aromatic hydroxyl groups is 1. The predicted octanol–water partition coefficient (Wildman–Crippen LogP) is 2.44.